The molecule has 1 heterocycles. The molecule has 133 valence electrons. The number of ether oxygens (including phenoxy) is 1. The molecule has 0 saturated heterocycles. The van der Waals surface area contributed by atoms with Crippen molar-refractivity contribution in [2.24, 2.45) is 0 Å². The highest BCUT2D eigenvalue weighted by Gasteiger charge is 2.35. The van der Waals surface area contributed by atoms with E-state index in [9.17, 15) is 9.90 Å². The second kappa shape index (κ2) is 7.55. The number of hydrogen-bond acceptors (Lipinski definition) is 6. The van der Waals surface area contributed by atoms with Gasteiger partial charge in [0.05, 0.1) is 23.9 Å². The van der Waals surface area contributed by atoms with Crippen molar-refractivity contribution in [1.29, 1.82) is 0 Å². The van der Waals surface area contributed by atoms with Crippen LogP contribution in [0, 0.1) is 0 Å². The third-order valence-electron chi connectivity index (χ3n) is 4.09. The summed E-state index contributed by atoms with van der Waals surface area (Å²) in [6.45, 7) is 6.98. The molecular weight excluding hydrogens is 339 g/mol. The molecule has 6 nitrogen and oxygen atoms in total. The lowest BCUT2D eigenvalue weighted by Gasteiger charge is -2.37. The molecule has 1 amide bonds. The molecular formula is C17H22BN2O4S. The van der Waals surface area contributed by atoms with Crippen LogP contribution in [0.5, 0.6) is 5.75 Å². The number of nitrogens with one attached hydrogen (secondary N) is 1. The number of rotatable bonds is 7. The van der Waals surface area contributed by atoms with E-state index in [0.29, 0.717) is 16.4 Å². The number of methoxy groups -OCH3 is 1. The average molecular weight is 361 g/mol. The monoisotopic (exact) mass is 361 g/mol. The van der Waals surface area contributed by atoms with E-state index >= 15 is 0 Å². The first-order chi connectivity index (χ1) is 11.6. The number of aromatic nitrogens is 1. The molecule has 8 heteroatoms. The molecule has 0 unspecified atom stereocenters. The zero-order valence-electron chi connectivity index (χ0n) is 15.0. The number of amides is 1. The summed E-state index contributed by atoms with van der Waals surface area (Å²) in [7, 11) is 3.05. The van der Waals surface area contributed by atoms with Crippen LogP contribution in [-0.2, 0) is 4.65 Å². The van der Waals surface area contributed by atoms with Gasteiger partial charge in [0, 0.05) is 11.6 Å². The first-order valence-electron chi connectivity index (χ1n) is 7.76. The molecule has 0 aliphatic carbocycles. The van der Waals surface area contributed by atoms with Gasteiger partial charge in [0.2, 0.25) is 0 Å². The number of hydrogen-bond donors (Lipinski definition) is 2. The van der Waals surface area contributed by atoms with Gasteiger partial charge >= 0.3 is 7.48 Å². The van der Waals surface area contributed by atoms with Gasteiger partial charge in [-0.15, -0.1) is 11.3 Å². The van der Waals surface area contributed by atoms with Gasteiger partial charge in [-0.1, -0.05) is 6.07 Å². The van der Waals surface area contributed by atoms with Gasteiger partial charge < -0.3 is 14.5 Å². The molecule has 1 aromatic carbocycles. The van der Waals surface area contributed by atoms with E-state index in [4.69, 9.17) is 9.39 Å². The van der Waals surface area contributed by atoms with Crippen LogP contribution in [-0.4, -0.2) is 41.8 Å². The molecule has 25 heavy (non-hydrogen) atoms. The minimum absolute atomic E-state index is 0.295. The van der Waals surface area contributed by atoms with Crippen molar-refractivity contribution < 1.29 is 19.3 Å². The number of aliphatic hydroxyl groups is 1. The van der Waals surface area contributed by atoms with Gasteiger partial charge in [0.15, 0.2) is 5.13 Å². The minimum atomic E-state index is -1.01. The Morgan fingerprint density at radius 2 is 2.04 bits per heavy atom. The van der Waals surface area contributed by atoms with Gasteiger partial charge in [0.25, 0.3) is 5.91 Å². The summed E-state index contributed by atoms with van der Waals surface area (Å²) in [5, 5.41) is 15.2. The summed E-state index contributed by atoms with van der Waals surface area (Å²) < 4.78 is 11.0. The first kappa shape index (κ1) is 19.4. The van der Waals surface area contributed by atoms with Crippen LogP contribution in [0.2, 0.25) is 0 Å². The van der Waals surface area contributed by atoms with Crippen LogP contribution in [0.25, 0.3) is 0 Å². The molecule has 0 aliphatic rings. The molecule has 2 aromatic rings. The van der Waals surface area contributed by atoms with Crippen molar-refractivity contribution in [3.05, 3.63) is 35.3 Å². The predicted molar refractivity (Wildman–Crippen MR) is 99.9 cm³/mol. The fraction of sp³-hybridized carbons (Fsp3) is 0.412. The van der Waals surface area contributed by atoms with Crippen molar-refractivity contribution in [2.75, 3.05) is 12.4 Å². The molecule has 0 saturated carbocycles. The molecule has 0 spiro atoms. The molecule has 0 aliphatic heterocycles. The Morgan fingerprint density at radius 3 is 2.60 bits per heavy atom. The molecule has 0 bridgehead atoms. The minimum Gasteiger partial charge on any atom is -0.496 e. The maximum atomic E-state index is 12.4. The summed E-state index contributed by atoms with van der Waals surface area (Å²) in [6.07, 6.45) is 1.62. The summed E-state index contributed by atoms with van der Waals surface area (Å²) in [6, 6.07) is 5.12. The van der Waals surface area contributed by atoms with Crippen LogP contribution in [0.1, 0.15) is 38.1 Å². The quantitative estimate of drug-likeness (QED) is 0.739. The standard InChI is InChI=1S/C17H22BN2O4S/c1-16(2,22)17(3,4)24-18-11-6-7-12(13(10-11)23-5)14(21)20-15-19-8-9-25-15/h6-10,22H,1-5H3,(H,19,20,21). The summed E-state index contributed by atoms with van der Waals surface area (Å²) >= 11 is 1.34. The highest BCUT2D eigenvalue weighted by Crippen LogP contribution is 2.25. The fourth-order valence-corrected chi connectivity index (χ4v) is 2.30. The molecule has 0 fully saturated rings. The zero-order chi connectivity index (χ0) is 18.7. The molecule has 2 rings (SSSR count). The van der Waals surface area contributed by atoms with E-state index in [1.807, 2.05) is 0 Å². The molecule has 1 aromatic heterocycles. The van der Waals surface area contributed by atoms with Gasteiger partial charge in [-0.2, -0.15) is 0 Å². The topological polar surface area (TPSA) is 80.7 Å². The van der Waals surface area contributed by atoms with Gasteiger partial charge in [0.1, 0.15) is 5.75 Å². The highest BCUT2D eigenvalue weighted by atomic mass is 32.1. The van der Waals surface area contributed by atoms with Crippen LogP contribution in [0.15, 0.2) is 29.8 Å². The van der Waals surface area contributed by atoms with Crippen LogP contribution < -0.4 is 15.5 Å². The van der Waals surface area contributed by atoms with Crippen molar-refractivity contribution in [2.45, 2.75) is 38.9 Å². The van der Waals surface area contributed by atoms with E-state index < -0.39 is 11.2 Å². The molecule has 2 N–H and O–H groups in total. The Labute approximate surface area is 152 Å². The zero-order valence-corrected chi connectivity index (χ0v) is 15.8. The Kier molecular flexibility index (Phi) is 5.87. The number of benzene rings is 1. The highest BCUT2D eigenvalue weighted by molar-refractivity contribution is 7.13. The maximum Gasteiger partial charge on any atom is 0.331 e. The molecule has 0 atom stereocenters. The number of carbonyl (C=O) groups excluding carboxylic acids is 1. The second-order valence-corrected chi connectivity index (χ2v) is 7.45. The van der Waals surface area contributed by atoms with Crippen molar-refractivity contribution in [3.63, 3.8) is 0 Å². The van der Waals surface area contributed by atoms with Crippen LogP contribution in [0.4, 0.5) is 5.13 Å². The first-order valence-corrected chi connectivity index (χ1v) is 8.64. The van der Waals surface area contributed by atoms with Crippen LogP contribution in [0.3, 0.4) is 0 Å². The lowest BCUT2D eigenvalue weighted by atomic mass is 9.82. The largest absolute Gasteiger partial charge is 0.496 e. The van der Waals surface area contributed by atoms with Gasteiger partial charge in [-0.05, 0) is 45.3 Å². The number of thiazole rings is 1. The van der Waals surface area contributed by atoms with E-state index in [-0.39, 0.29) is 5.91 Å². The van der Waals surface area contributed by atoms with Crippen molar-refractivity contribution in [3.8, 4) is 5.75 Å². The Hall–Kier alpha value is -1.90. The second-order valence-electron chi connectivity index (χ2n) is 6.56. The SMILES string of the molecule is COc1cc([B]OC(C)(C)C(C)(C)O)ccc1C(=O)Nc1nccs1. The van der Waals surface area contributed by atoms with Gasteiger partial charge in [-0.25, -0.2) is 4.98 Å². The normalized spacial score (nSPS) is 11.9. The Balaban J connectivity index is 2.12. The summed E-state index contributed by atoms with van der Waals surface area (Å²) in [5.74, 6) is 0.128. The Bertz CT molecular complexity index is 727. The number of anilines is 1. The summed E-state index contributed by atoms with van der Waals surface area (Å²) in [4.78, 5) is 16.4. The fourth-order valence-electron chi connectivity index (χ4n) is 1.78. The van der Waals surface area contributed by atoms with Crippen molar-refractivity contribution >= 4 is 35.3 Å². The Morgan fingerprint density at radius 1 is 1.32 bits per heavy atom. The lowest BCUT2D eigenvalue weighted by molar-refractivity contribution is -0.0893. The van der Waals surface area contributed by atoms with Crippen molar-refractivity contribution in [1.82, 2.24) is 4.98 Å². The smallest absolute Gasteiger partial charge is 0.331 e. The van der Waals surface area contributed by atoms with E-state index in [1.165, 1.54) is 18.4 Å². The van der Waals surface area contributed by atoms with Crippen LogP contribution >= 0.6 is 11.3 Å². The third kappa shape index (κ3) is 4.81. The van der Waals surface area contributed by atoms with E-state index in [2.05, 4.69) is 10.3 Å². The number of carbonyl (C=O) groups is 1. The predicted octanol–water partition coefficient (Wildman–Crippen LogP) is 2.21. The molecule has 1 radical (unpaired) electrons. The van der Waals surface area contributed by atoms with E-state index in [0.717, 1.165) is 5.46 Å². The summed E-state index contributed by atoms with van der Waals surface area (Å²) in [5.41, 5.74) is -0.668. The lowest BCUT2D eigenvalue weighted by Crippen LogP contribution is -2.49. The van der Waals surface area contributed by atoms with E-state index in [1.54, 1.807) is 65.0 Å². The number of nitrogens with zero attached hydrogens (tertiary/aromatic N) is 1. The average Bonchev–Trinajstić information content (AvgIpc) is 3.04. The maximum absolute atomic E-state index is 12.4. The van der Waals surface area contributed by atoms with Gasteiger partial charge in [-0.3, -0.25) is 10.1 Å². The third-order valence-corrected chi connectivity index (χ3v) is 4.77.